The summed E-state index contributed by atoms with van der Waals surface area (Å²) in [7, 11) is 4.31. The summed E-state index contributed by atoms with van der Waals surface area (Å²) < 4.78 is 0. The number of fused-ring (bicyclic) bond motifs is 1. The van der Waals surface area contributed by atoms with E-state index in [2.05, 4.69) is 85.4 Å². The van der Waals surface area contributed by atoms with E-state index in [9.17, 15) is 4.79 Å². The van der Waals surface area contributed by atoms with E-state index in [4.69, 9.17) is 0 Å². The minimum absolute atomic E-state index is 0.131. The highest BCUT2D eigenvalue weighted by Gasteiger charge is 2.29. The molecular weight excluding hydrogens is 402 g/mol. The summed E-state index contributed by atoms with van der Waals surface area (Å²) in [5.41, 5.74) is 5.87. The molecule has 1 amide bonds. The number of carbonyl (C=O) groups excluding carboxylic acids is 1. The zero-order valence-corrected chi connectivity index (χ0v) is 19.3. The molecule has 5 heteroatoms. The number of nitrogens with zero attached hydrogens (tertiary/aromatic N) is 3. The van der Waals surface area contributed by atoms with Crippen LogP contribution in [0.3, 0.4) is 0 Å². The number of hydrogen-bond acceptors (Lipinski definition) is 4. The Bertz CT molecular complexity index is 1080. The molecule has 5 rings (SSSR count). The highest BCUT2D eigenvalue weighted by molar-refractivity contribution is 7.17. The highest BCUT2D eigenvalue weighted by atomic mass is 32.1. The predicted molar refractivity (Wildman–Crippen MR) is 131 cm³/mol. The molecule has 0 N–H and O–H groups in total. The van der Waals surface area contributed by atoms with Gasteiger partial charge in [-0.3, -0.25) is 4.79 Å². The van der Waals surface area contributed by atoms with Crippen LogP contribution >= 0.6 is 11.3 Å². The largest absolute Gasteiger partial charge is 0.370 e. The Balaban J connectivity index is 1.34. The van der Waals surface area contributed by atoms with Crippen molar-refractivity contribution in [2.24, 2.45) is 0 Å². The molecule has 31 heavy (non-hydrogen) atoms. The van der Waals surface area contributed by atoms with Gasteiger partial charge in [0.1, 0.15) is 0 Å². The second-order valence-corrected chi connectivity index (χ2v) is 9.96. The topological polar surface area (TPSA) is 26.8 Å². The number of rotatable bonds is 4. The lowest BCUT2D eigenvalue weighted by Gasteiger charge is -2.27. The summed E-state index contributed by atoms with van der Waals surface area (Å²) in [6.07, 6.45) is 2.10. The van der Waals surface area contributed by atoms with Crippen LogP contribution in [0.1, 0.15) is 27.2 Å². The van der Waals surface area contributed by atoms with Crippen LogP contribution in [0.5, 0.6) is 0 Å². The van der Waals surface area contributed by atoms with Crippen molar-refractivity contribution in [3.63, 3.8) is 0 Å². The number of hydrogen-bond donors (Lipinski definition) is 0. The van der Waals surface area contributed by atoms with E-state index >= 15 is 0 Å². The number of likely N-dealkylation sites (N-methyl/N-ethyl adjacent to an activating group) is 1. The maximum atomic E-state index is 13.3. The van der Waals surface area contributed by atoms with Crippen LogP contribution in [0, 0.1) is 6.92 Å². The fourth-order valence-corrected chi connectivity index (χ4v) is 5.76. The molecular formula is C26H29N3OS. The Kier molecular flexibility index (Phi) is 5.32. The zero-order chi connectivity index (χ0) is 21.5. The van der Waals surface area contributed by atoms with E-state index in [1.165, 1.54) is 33.7 Å². The first-order valence-electron chi connectivity index (χ1n) is 11.0. The number of aryl methyl sites for hydroxylation is 1. The third kappa shape index (κ3) is 3.88. The van der Waals surface area contributed by atoms with E-state index in [0.717, 1.165) is 36.6 Å². The van der Waals surface area contributed by atoms with Gasteiger partial charge in [0.15, 0.2) is 0 Å². The summed E-state index contributed by atoms with van der Waals surface area (Å²) in [6.45, 7) is 4.99. The van der Waals surface area contributed by atoms with E-state index in [1.807, 2.05) is 4.90 Å². The van der Waals surface area contributed by atoms with Gasteiger partial charge in [0.05, 0.1) is 4.88 Å². The van der Waals surface area contributed by atoms with Gasteiger partial charge in [-0.15, -0.1) is 11.3 Å². The Morgan fingerprint density at radius 2 is 1.68 bits per heavy atom. The third-order valence-corrected chi connectivity index (χ3v) is 7.82. The molecule has 0 saturated carbocycles. The molecule has 1 atom stereocenters. The lowest BCUT2D eigenvalue weighted by Crippen LogP contribution is -2.36. The number of amides is 1. The predicted octanol–water partition coefficient (Wildman–Crippen LogP) is 5.07. The van der Waals surface area contributed by atoms with Crippen LogP contribution in [-0.2, 0) is 6.42 Å². The molecule has 1 unspecified atom stereocenters. The van der Waals surface area contributed by atoms with Crippen LogP contribution in [-0.4, -0.2) is 50.6 Å². The Hall–Kier alpha value is -2.63. The van der Waals surface area contributed by atoms with Crippen LogP contribution in [0.25, 0.3) is 10.4 Å². The number of anilines is 2. The minimum Gasteiger partial charge on any atom is -0.370 e. The van der Waals surface area contributed by atoms with Gasteiger partial charge in [-0.1, -0.05) is 29.8 Å². The molecule has 1 fully saturated rings. The van der Waals surface area contributed by atoms with Crippen molar-refractivity contribution < 1.29 is 4.79 Å². The molecule has 4 nitrogen and oxygen atoms in total. The lowest BCUT2D eigenvalue weighted by molar-refractivity contribution is 0.0985. The van der Waals surface area contributed by atoms with Crippen molar-refractivity contribution in [2.45, 2.75) is 25.8 Å². The molecule has 160 valence electrons. The molecule has 0 bridgehead atoms. The van der Waals surface area contributed by atoms with Crippen LogP contribution in [0.2, 0.25) is 0 Å². The smallest absolute Gasteiger partial charge is 0.268 e. The first-order chi connectivity index (χ1) is 15.0. The number of benzene rings is 2. The fourth-order valence-electron chi connectivity index (χ4n) is 4.60. The molecule has 0 aliphatic carbocycles. The summed E-state index contributed by atoms with van der Waals surface area (Å²) in [5, 5.41) is 0. The molecule has 3 aromatic rings. The molecule has 3 heterocycles. The summed E-state index contributed by atoms with van der Waals surface area (Å²) in [5.74, 6) is 0.131. The van der Waals surface area contributed by atoms with Crippen LogP contribution < -0.4 is 9.80 Å². The van der Waals surface area contributed by atoms with Gasteiger partial charge < -0.3 is 14.7 Å². The Morgan fingerprint density at radius 1 is 0.968 bits per heavy atom. The average molecular weight is 432 g/mol. The first-order valence-corrected chi connectivity index (χ1v) is 11.8. The molecule has 0 radical (unpaired) electrons. The van der Waals surface area contributed by atoms with Gasteiger partial charge in [0.2, 0.25) is 0 Å². The van der Waals surface area contributed by atoms with Crippen LogP contribution in [0.15, 0.2) is 54.6 Å². The summed E-state index contributed by atoms with van der Waals surface area (Å²) in [4.78, 5) is 22.1. The standard InChI is InChI=1S/C26H29N3OS/c1-18-4-6-19(7-5-18)24-16-20-12-15-29(26(30)25(20)31-24)22-10-8-21(9-11-22)28-14-13-23(17-28)27(2)3/h4-11,16,23H,12-15,17H2,1-3H3. The lowest BCUT2D eigenvalue weighted by atomic mass is 10.0. The Labute approximate surface area is 188 Å². The normalized spacial score (nSPS) is 18.7. The molecule has 1 saturated heterocycles. The van der Waals surface area contributed by atoms with Crippen LogP contribution in [0.4, 0.5) is 11.4 Å². The third-order valence-electron chi connectivity index (χ3n) is 6.61. The monoisotopic (exact) mass is 431 g/mol. The van der Waals surface area contributed by atoms with E-state index in [-0.39, 0.29) is 5.91 Å². The van der Waals surface area contributed by atoms with Crippen molar-refractivity contribution in [2.75, 3.05) is 43.5 Å². The molecule has 0 spiro atoms. The van der Waals surface area contributed by atoms with E-state index in [1.54, 1.807) is 11.3 Å². The van der Waals surface area contributed by atoms with Gasteiger partial charge in [-0.2, -0.15) is 0 Å². The van der Waals surface area contributed by atoms with Gasteiger partial charge in [-0.25, -0.2) is 0 Å². The van der Waals surface area contributed by atoms with Gasteiger partial charge in [0, 0.05) is 41.9 Å². The number of thiophene rings is 1. The van der Waals surface area contributed by atoms with Crippen molar-refractivity contribution in [3.8, 4) is 10.4 Å². The van der Waals surface area contributed by atoms with Gasteiger partial charge in [-0.05, 0) is 75.3 Å². The average Bonchev–Trinajstić information content (AvgIpc) is 3.43. The molecule has 2 aliphatic heterocycles. The minimum atomic E-state index is 0.131. The molecule has 2 aliphatic rings. The highest BCUT2D eigenvalue weighted by Crippen LogP contribution is 2.36. The van der Waals surface area contributed by atoms with Crippen molar-refractivity contribution in [1.29, 1.82) is 0 Å². The second-order valence-electron chi connectivity index (χ2n) is 8.91. The van der Waals surface area contributed by atoms with Crippen molar-refractivity contribution >= 4 is 28.6 Å². The van der Waals surface area contributed by atoms with Gasteiger partial charge in [0.25, 0.3) is 5.91 Å². The number of carbonyl (C=O) groups is 1. The second kappa shape index (κ2) is 8.13. The zero-order valence-electron chi connectivity index (χ0n) is 18.5. The Morgan fingerprint density at radius 3 is 2.35 bits per heavy atom. The van der Waals surface area contributed by atoms with Gasteiger partial charge >= 0.3 is 0 Å². The maximum absolute atomic E-state index is 13.3. The molecule has 1 aromatic heterocycles. The molecule has 2 aromatic carbocycles. The summed E-state index contributed by atoms with van der Waals surface area (Å²) >= 11 is 1.62. The van der Waals surface area contributed by atoms with Crippen molar-refractivity contribution in [3.05, 3.63) is 70.6 Å². The first kappa shape index (κ1) is 20.3. The quantitative estimate of drug-likeness (QED) is 0.577. The summed E-state index contributed by atoms with van der Waals surface area (Å²) in [6, 6.07) is 19.9. The van der Waals surface area contributed by atoms with Crippen molar-refractivity contribution in [1.82, 2.24) is 4.90 Å². The fraction of sp³-hybridized carbons (Fsp3) is 0.346. The SMILES string of the molecule is Cc1ccc(-c2cc3c(s2)C(=O)N(c2ccc(N4CCC(N(C)C)C4)cc2)CC3)cc1. The van der Waals surface area contributed by atoms with E-state index in [0.29, 0.717) is 6.04 Å². The maximum Gasteiger partial charge on any atom is 0.268 e. The van der Waals surface area contributed by atoms with E-state index < -0.39 is 0 Å².